The second kappa shape index (κ2) is 4.10. The van der Waals surface area contributed by atoms with Crippen LogP contribution in [0.3, 0.4) is 0 Å². The van der Waals surface area contributed by atoms with Crippen molar-refractivity contribution in [3.8, 4) is 0 Å². The molecule has 0 spiro atoms. The van der Waals surface area contributed by atoms with Crippen LogP contribution in [0, 0.1) is 0 Å². The zero-order valence-electron chi connectivity index (χ0n) is 6.66. The van der Waals surface area contributed by atoms with Crippen molar-refractivity contribution >= 4 is 0 Å². The Balaban J connectivity index is 2.51. The van der Waals surface area contributed by atoms with Crippen molar-refractivity contribution < 1.29 is 4.74 Å². The zero-order valence-corrected chi connectivity index (χ0v) is 6.66. The number of nitrogens with zero attached hydrogens (tertiary/aromatic N) is 2. The molecule has 0 radical (unpaired) electrons. The highest BCUT2D eigenvalue weighted by Gasteiger charge is 1.95. The Morgan fingerprint density at radius 1 is 1.73 bits per heavy atom. The van der Waals surface area contributed by atoms with Gasteiger partial charge in [-0.15, -0.1) is 0 Å². The molecular weight excluding hydrogens is 142 g/mol. The molecule has 2 N–H and O–H groups in total. The number of nitrogens with two attached hydrogens (primary N) is 1. The van der Waals surface area contributed by atoms with E-state index in [4.69, 9.17) is 10.5 Å². The van der Waals surface area contributed by atoms with Crippen molar-refractivity contribution in [2.45, 2.75) is 13.2 Å². The molecule has 0 amide bonds. The van der Waals surface area contributed by atoms with Gasteiger partial charge in [-0.2, -0.15) is 0 Å². The summed E-state index contributed by atoms with van der Waals surface area (Å²) >= 11 is 0. The first-order chi connectivity index (χ1) is 5.36. The van der Waals surface area contributed by atoms with Crippen LogP contribution in [0.1, 0.15) is 5.69 Å². The smallest absolute Gasteiger partial charge is 0.123 e. The molecule has 0 unspecified atom stereocenters. The zero-order chi connectivity index (χ0) is 8.10. The Morgan fingerprint density at radius 2 is 2.55 bits per heavy atom. The molecule has 4 heteroatoms. The largest absolute Gasteiger partial charge is 0.364 e. The van der Waals surface area contributed by atoms with E-state index >= 15 is 0 Å². The third-order valence-corrected chi connectivity index (χ3v) is 1.37. The van der Waals surface area contributed by atoms with Crippen molar-refractivity contribution in [2.75, 3.05) is 13.7 Å². The summed E-state index contributed by atoms with van der Waals surface area (Å²) in [6, 6.07) is 0. The van der Waals surface area contributed by atoms with Gasteiger partial charge >= 0.3 is 0 Å². The van der Waals surface area contributed by atoms with E-state index in [2.05, 4.69) is 4.98 Å². The van der Waals surface area contributed by atoms with Crippen LogP contribution in [0.25, 0.3) is 0 Å². The van der Waals surface area contributed by atoms with Gasteiger partial charge in [-0.25, -0.2) is 4.98 Å². The highest BCUT2D eigenvalue weighted by atomic mass is 16.5. The maximum Gasteiger partial charge on any atom is 0.123 e. The van der Waals surface area contributed by atoms with Crippen molar-refractivity contribution in [3.63, 3.8) is 0 Å². The van der Waals surface area contributed by atoms with Crippen LogP contribution in [0.4, 0.5) is 0 Å². The first kappa shape index (κ1) is 8.23. The van der Waals surface area contributed by atoms with Crippen LogP contribution in [0.2, 0.25) is 0 Å². The first-order valence-corrected chi connectivity index (χ1v) is 3.56. The van der Waals surface area contributed by atoms with E-state index in [1.54, 1.807) is 13.4 Å². The van der Waals surface area contributed by atoms with Gasteiger partial charge in [0.2, 0.25) is 0 Å². The Bertz CT molecular complexity index is 189. The molecule has 1 aromatic rings. The molecule has 0 aliphatic carbocycles. The number of hydrogen-bond donors (Lipinski definition) is 1. The average Bonchev–Trinajstić information content (AvgIpc) is 2.38. The summed E-state index contributed by atoms with van der Waals surface area (Å²) in [6.07, 6.45) is 4.52. The SMILES string of the molecule is COCn1cnc(CCN)c1. The normalized spacial score (nSPS) is 10.4. The summed E-state index contributed by atoms with van der Waals surface area (Å²) in [7, 11) is 1.66. The number of hydrogen-bond acceptors (Lipinski definition) is 3. The van der Waals surface area contributed by atoms with Gasteiger partial charge in [0.25, 0.3) is 0 Å². The molecule has 0 aliphatic heterocycles. The van der Waals surface area contributed by atoms with Gasteiger partial charge in [-0.3, -0.25) is 0 Å². The fraction of sp³-hybridized carbons (Fsp3) is 0.571. The summed E-state index contributed by atoms with van der Waals surface area (Å²) in [5, 5.41) is 0. The van der Waals surface area contributed by atoms with Crippen molar-refractivity contribution in [1.82, 2.24) is 9.55 Å². The molecule has 1 rings (SSSR count). The van der Waals surface area contributed by atoms with Crippen LogP contribution in [0.5, 0.6) is 0 Å². The average molecular weight is 155 g/mol. The first-order valence-electron chi connectivity index (χ1n) is 3.56. The lowest BCUT2D eigenvalue weighted by Gasteiger charge is -1.96. The summed E-state index contributed by atoms with van der Waals surface area (Å²) in [6.45, 7) is 1.20. The Morgan fingerprint density at radius 3 is 3.18 bits per heavy atom. The van der Waals surface area contributed by atoms with Gasteiger partial charge in [-0.05, 0) is 6.54 Å². The highest BCUT2D eigenvalue weighted by Crippen LogP contribution is 1.95. The maximum atomic E-state index is 5.36. The van der Waals surface area contributed by atoms with Crippen molar-refractivity contribution in [1.29, 1.82) is 0 Å². The topological polar surface area (TPSA) is 53.1 Å². The minimum atomic E-state index is 0.553. The second-order valence-corrected chi connectivity index (χ2v) is 2.34. The van der Waals surface area contributed by atoms with E-state index in [0.29, 0.717) is 13.3 Å². The second-order valence-electron chi connectivity index (χ2n) is 2.34. The fourth-order valence-corrected chi connectivity index (χ4v) is 0.903. The summed E-state index contributed by atoms with van der Waals surface area (Å²) in [5.74, 6) is 0. The molecule has 1 aromatic heterocycles. The Hall–Kier alpha value is -0.870. The van der Waals surface area contributed by atoms with E-state index in [-0.39, 0.29) is 0 Å². The molecule has 11 heavy (non-hydrogen) atoms. The number of methoxy groups -OCH3 is 1. The number of rotatable bonds is 4. The molecule has 4 nitrogen and oxygen atoms in total. The van der Waals surface area contributed by atoms with Crippen LogP contribution >= 0.6 is 0 Å². The number of ether oxygens (including phenoxy) is 1. The molecular formula is C7H13N3O. The van der Waals surface area contributed by atoms with E-state index in [1.807, 2.05) is 10.8 Å². The number of imidazole rings is 1. The molecule has 0 saturated carbocycles. The minimum Gasteiger partial charge on any atom is -0.364 e. The van der Waals surface area contributed by atoms with Crippen LogP contribution in [-0.4, -0.2) is 23.2 Å². The van der Waals surface area contributed by atoms with Gasteiger partial charge in [0.1, 0.15) is 6.73 Å². The van der Waals surface area contributed by atoms with Crippen LogP contribution in [-0.2, 0) is 17.9 Å². The van der Waals surface area contributed by atoms with Gasteiger partial charge in [0, 0.05) is 19.7 Å². The lowest BCUT2D eigenvalue weighted by atomic mass is 10.3. The third-order valence-electron chi connectivity index (χ3n) is 1.37. The van der Waals surface area contributed by atoms with Gasteiger partial charge in [0.15, 0.2) is 0 Å². The van der Waals surface area contributed by atoms with Gasteiger partial charge < -0.3 is 15.0 Å². The fourth-order valence-electron chi connectivity index (χ4n) is 0.903. The van der Waals surface area contributed by atoms with Gasteiger partial charge in [0.05, 0.1) is 12.0 Å². The summed E-state index contributed by atoms with van der Waals surface area (Å²) < 4.78 is 6.79. The Labute approximate surface area is 66.0 Å². The maximum absolute atomic E-state index is 5.36. The van der Waals surface area contributed by atoms with E-state index < -0.39 is 0 Å². The highest BCUT2D eigenvalue weighted by molar-refractivity contribution is 4.96. The molecule has 0 aliphatic rings. The molecule has 0 fully saturated rings. The van der Waals surface area contributed by atoms with Crippen LogP contribution in [0.15, 0.2) is 12.5 Å². The molecule has 1 heterocycles. The Kier molecular flexibility index (Phi) is 3.07. The van der Waals surface area contributed by atoms with Crippen LogP contribution < -0.4 is 5.73 Å². The van der Waals surface area contributed by atoms with Crippen molar-refractivity contribution in [3.05, 3.63) is 18.2 Å². The molecule has 0 bridgehead atoms. The van der Waals surface area contributed by atoms with E-state index in [0.717, 1.165) is 12.1 Å². The molecule has 62 valence electrons. The van der Waals surface area contributed by atoms with E-state index in [1.165, 1.54) is 0 Å². The quantitative estimate of drug-likeness (QED) is 0.665. The lowest BCUT2D eigenvalue weighted by Crippen LogP contribution is -2.02. The lowest BCUT2D eigenvalue weighted by molar-refractivity contribution is 0.131. The summed E-state index contributed by atoms with van der Waals surface area (Å²) in [5.41, 5.74) is 6.38. The third kappa shape index (κ3) is 2.32. The molecule has 0 saturated heterocycles. The minimum absolute atomic E-state index is 0.553. The summed E-state index contributed by atoms with van der Waals surface area (Å²) in [4.78, 5) is 4.13. The number of aromatic nitrogens is 2. The standard InChI is InChI=1S/C7H13N3O/c1-11-6-10-4-7(2-3-8)9-5-10/h4-5H,2-3,6,8H2,1H3. The molecule has 0 aromatic carbocycles. The predicted molar refractivity (Wildman–Crippen MR) is 42.0 cm³/mol. The van der Waals surface area contributed by atoms with Crippen molar-refractivity contribution in [2.24, 2.45) is 5.73 Å². The van der Waals surface area contributed by atoms with Gasteiger partial charge in [-0.1, -0.05) is 0 Å². The monoisotopic (exact) mass is 155 g/mol. The molecule has 0 atom stereocenters. The van der Waals surface area contributed by atoms with E-state index in [9.17, 15) is 0 Å². The predicted octanol–water partition coefficient (Wildman–Crippen LogP) is -0.0118.